The van der Waals surface area contributed by atoms with Crippen molar-refractivity contribution >= 4 is 16.9 Å². The predicted molar refractivity (Wildman–Crippen MR) is 65.9 cm³/mol. The van der Waals surface area contributed by atoms with Gasteiger partial charge in [0.2, 0.25) is 0 Å². The highest BCUT2D eigenvalue weighted by atomic mass is 16.5. The average Bonchev–Trinajstić information content (AvgIpc) is 2.89. The maximum Gasteiger partial charge on any atom is 0.306 e. The van der Waals surface area contributed by atoms with Gasteiger partial charge in [-0.3, -0.25) is 4.79 Å². The number of nitrogens with zero attached hydrogens (tertiary/aromatic N) is 1. The Morgan fingerprint density at radius 1 is 1.47 bits per heavy atom. The molecule has 0 saturated heterocycles. The van der Waals surface area contributed by atoms with Crippen molar-refractivity contribution in [1.82, 2.24) is 4.57 Å². The van der Waals surface area contributed by atoms with E-state index in [0.29, 0.717) is 12.3 Å². The summed E-state index contributed by atoms with van der Waals surface area (Å²) in [7, 11) is 1.45. The molecule has 3 nitrogen and oxygen atoms in total. The number of benzene rings is 1. The Kier molecular flexibility index (Phi) is 2.39. The van der Waals surface area contributed by atoms with Crippen molar-refractivity contribution in [2.75, 3.05) is 7.11 Å². The molecule has 2 aromatic rings. The van der Waals surface area contributed by atoms with E-state index in [1.807, 2.05) is 6.07 Å². The second-order valence-electron chi connectivity index (χ2n) is 4.55. The average molecular weight is 229 g/mol. The lowest BCUT2D eigenvalue weighted by Gasteiger charge is -2.06. The Hall–Kier alpha value is -1.77. The first kappa shape index (κ1) is 10.4. The molecule has 1 atom stereocenters. The molecule has 1 aliphatic heterocycles. The fourth-order valence-corrected chi connectivity index (χ4v) is 2.74. The fourth-order valence-electron chi connectivity index (χ4n) is 2.74. The molecule has 1 aliphatic rings. The third-order valence-corrected chi connectivity index (χ3v) is 3.60. The van der Waals surface area contributed by atoms with Crippen LogP contribution in [0.15, 0.2) is 30.3 Å². The van der Waals surface area contributed by atoms with E-state index in [2.05, 4.69) is 28.8 Å². The molecule has 0 amide bonds. The molecule has 0 spiro atoms. The number of methoxy groups -OCH3 is 1. The second-order valence-corrected chi connectivity index (χ2v) is 4.55. The summed E-state index contributed by atoms with van der Waals surface area (Å²) in [5, 5.41) is 1.26. The topological polar surface area (TPSA) is 31.2 Å². The van der Waals surface area contributed by atoms with Crippen molar-refractivity contribution in [3.63, 3.8) is 0 Å². The third-order valence-electron chi connectivity index (χ3n) is 3.60. The summed E-state index contributed by atoms with van der Waals surface area (Å²) in [6, 6.07) is 10.6. The van der Waals surface area contributed by atoms with E-state index in [4.69, 9.17) is 4.74 Å². The van der Waals surface area contributed by atoms with Gasteiger partial charge in [-0.1, -0.05) is 18.2 Å². The summed E-state index contributed by atoms with van der Waals surface area (Å²) in [6.07, 6.45) is 1.53. The van der Waals surface area contributed by atoms with Gasteiger partial charge in [0.1, 0.15) is 0 Å². The van der Waals surface area contributed by atoms with Crippen LogP contribution < -0.4 is 0 Å². The van der Waals surface area contributed by atoms with Crippen LogP contribution in [0.2, 0.25) is 0 Å². The van der Waals surface area contributed by atoms with E-state index in [-0.39, 0.29) is 5.97 Å². The first-order chi connectivity index (χ1) is 8.29. The smallest absolute Gasteiger partial charge is 0.306 e. The molecule has 1 unspecified atom stereocenters. The van der Waals surface area contributed by atoms with E-state index in [1.165, 1.54) is 23.7 Å². The van der Waals surface area contributed by atoms with Gasteiger partial charge in [-0.15, -0.1) is 0 Å². The van der Waals surface area contributed by atoms with Crippen LogP contribution in [0.1, 0.15) is 24.5 Å². The lowest BCUT2D eigenvalue weighted by molar-refractivity contribution is -0.141. The molecule has 0 bridgehead atoms. The van der Waals surface area contributed by atoms with Gasteiger partial charge in [0.15, 0.2) is 0 Å². The molecule has 0 saturated carbocycles. The normalized spacial score (nSPS) is 18.3. The number of hydrogen-bond acceptors (Lipinski definition) is 2. The van der Waals surface area contributed by atoms with Crippen LogP contribution in [0.4, 0.5) is 0 Å². The van der Waals surface area contributed by atoms with Crippen molar-refractivity contribution in [1.29, 1.82) is 0 Å². The number of carbonyl (C=O) groups excluding carboxylic acids is 1. The van der Waals surface area contributed by atoms with Crippen LogP contribution in [0, 0.1) is 0 Å². The molecule has 2 heterocycles. The van der Waals surface area contributed by atoms with Gasteiger partial charge in [0, 0.05) is 23.7 Å². The van der Waals surface area contributed by atoms with E-state index in [0.717, 1.165) is 13.0 Å². The zero-order valence-electron chi connectivity index (χ0n) is 9.85. The van der Waals surface area contributed by atoms with Crippen molar-refractivity contribution in [3.05, 3.63) is 36.0 Å². The summed E-state index contributed by atoms with van der Waals surface area (Å²) in [4.78, 5) is 11.4. The predicted octanol–water partition coefficient (Wildman–Crippen LogP) is 2.69. The number of para-hydroxylation sites is 1. The zero-order valence-corrected chi connectivity index (χ0v) is 9.85. The Balaban J connectivity index is 1.99. The first-order valence-corrected chi connectivity index (χ1v) is 5.94. The summed E-state index contributed by atoms with van der Waals surface area (Å²) in [5.74, 6) is 0.198. The van der Waals surface area contributed by atoms with Crippen LogP contribution in [-0.2, 0) is 16.1 Å². The Morgan fingerprint density at radius 3 is 3.12 bits per heavy atom. The molecular weight excluding hydrogens is 214 g/mol. The summed E-state index contributed by atoms with van der Waals surface area (Å²) in [5.41, 5.74) is 2.55. The number of carbonyl (C=O) groups is 1. The van der Waals surface area contributed by atoms with Gasteiger partial charge in [-0.2, -0.15) is 0 Å². The Bertz CT molecular complexity index is 571. The van der Waals surface area contributed by atoms with Gasteiger partial charge < -0.3 is 9.30 Å². The molecule has 88 valence electrons. The lowest BCUT2D eigenvalue weighted by atomic mass is 10.0. The van der Waals surface area contributed by atoms with Crippen LogP contribution >= 0.6 is 0 Å². The monoisotopic (exact) mass is 229 g/mol. The molecule has 17 heavy (non-hydrogen) atoms. The van der Waals surface area contributed by atoms with E-state index < -0.39 is 0 Å². The summed E-state index contributed by atoms with van der Waals surface area (Å²) < 4.78 is 7.08. The standard InChI is InChI=1S/C14H15NO2/c1-17-14(16)9-11-6-7-15-12-5-3-2-4-10(12)8-13(11)15/h2-5,8,11H,6-7,9H2,1H3. The minimum absolute atomic E-state index is 0.117. The minimum Gasteiger partial charge on any atom is -0.469 e. The molecule has 3 rings (SSSR count). The maximum atomic E-state index is 11.4. The number of hydrogen-bond donors (Lipinski definition) is 0. The number of ether oxygens (including phenoxy) is 1. The number of aromatic nitrogens is 1. The molecule has 3 heteroatoms. The van der Waals surface area contributed by atoms with Crippen molar-refractivity contribution < 1.29 is 9.53 Å². The number of rotatable bonds is 2. The summed E-state index contributed by atoms with van der Waals surface area (Å²) >= 11 is 0. The quantitative estimate of drug-likeness (QED) is 0.741. The molecule has 0 N–H and O–H groups in total. The number of fused-ring (bicyclic) bond motifs is 3. The van der Waals surface area contributed by atoms with Crippen LogP contribution in [0.25, 0.3) is 10.9 Å². The largest absolute Gasteiger partial charge is 0.469 e. The lowest BCUT2D eigenvalue weighted by Crippen LogP contribution is -2.06. The van der Waals surface area contributed by atoms with Gasteiger partial charge >= 0.3 is 5.97 Å². The van der Waals surface area contributed by atoms with Gasteiger partial charge in [-0.25, -0.2) is 0 Å². The van der Waals surface area contributed by atoms with E-state index in [9.17, 15) is 4.79 Å². The number of esters is 1. The van der Waals surface area contributed by atoms with E-state index >= 15 is 0 Å². The number of aryl methyl sites for hydroxylation is 1. The molecule has 1 aromatic carbocycles. The zero-order chi connectivity index (χ0) is 11.8. The molecule has 0 radical (unpaired) electrons. The highest BCUT2D eigenvalue weighted by Gasteiger charge is 2.26. The minimum atomic E-state index is -0.117. The van der Waals surface area contributed by atoms with E-state index in [1.54, 1.807) is 0 Å². The Morgan fingerprint density at radius 2 is 2.29 bits per heavy atom. The van der Waals surface area contributed by atoms with Crippen molar-refractivity contribution in [2.45, 2.75) is 25.3 Å². The van der Waals surface area contributed by atoms with Crippen LogP contribution in [0.5, 0.6) is 0 Å². The molecule has 1 aromatic heterocycles. The maximum absolute atomic E-state index is 11.4. The van der Waals surface area contributed by atoms with Crippen LogP contribution in [0.3, 0.4) is 0 Å². The molecule has 0 fully saturated rings. The second kappa shape index (κ2) is 3.91. The molecule has 0 aliphatic carbocycles. The first-order valence-electron chi connectivity index (χ1n) is 5.94. The highest BCUT2D eigenvalue weighted by Crippen LogP contribution is 2.36. The van der Waals surface area contributed by atoms with Crippen molar-refractivity contribution in [2.24, 2.45) is 0 Å². The SMILES string of the molecule is COC(=O)CC1CCn2c1cc1ccccc12. The molecular formula is C14H15NO2. The Labute approximate surface area is 100.0 Å². The van der Waals surface area contributed by atoms with Gasteiger partial charge in [-0.05, 0) is 23.9 Å². The summed E-state index contributed by atoms with van der Waals surface area (Å²) in [6.45, 7) is 1.00. The van der Waals surface area contributed by atoms with Crippen LogP contribution in [-0.4, -0.2) is 17.6 Å². The fraction of sp³-hybridized carbons (Fsp3) is 0.357. The highest BCUT2D eigenvalue weighted by molar-refractivity contribution is 5.82. The van der Waals surface area contributed by atoms with Crippen molar-refractivity contribution in [3.8, 4) is 0 Å². The van der Waals surface area contributed by atoms with Gasteiger partial charge in [0.25, 0.3) is 0 Å². The van der Waals surface area contributed by atoms with Gasteiger partial charge in [0.05, 0.1) is 13.5 Å². The third kappa shape index (κ3) is 1.62.